The minimum absolute atomic E-state index is 0.0273. The molecule has 1 aliphatic heterocycles. The molecular weight excluding hydrogens is 388 g/mol. The van der Waals surface area contributed by atoms with Crippen molar-refractivity contribution >= 4 is 23.2 Å². The minimum Gasteiger partial charge on any atom is -0.496 e. The van der Waals surface area contributed by atoms with Crippen molar-refractivity contribution in [2.24, 2.45) is 0 Å². The smallest absolute Gasteiger partial charge is 0.264 e. The lowest BCUT2D eigenvalue weighted by molar-refractivity contribution is -0.0366. The van der Waals surface area contributed by atoms with Gasteiger partial charge in [0, 0.05) is 25.7 Å². The zero-order chi connectivity index (χ0) is 20.8. The van der Waals surface area contributed by atoms with E-state index in [2.05, 4.69) is 6.92 Å². The summed E-state index contributed by atoms with van der Waals surface area (Å²) in [6.45, 7) is 6.03. The Balaban J connectivity index is 1.74. The third-order valence-electron chi connectivity index (χ3n) is 5.28. The average Bonchev–Trinajstić information content (AvgIpc) is 3.31. The Bertz CT molecular complexity index is 824. The number of methoxy groups -OCH3 is 1. The summed E-state index contributed by atoms with van der Waals surface area (Å²) in [4.78, 5) is 30.4. The maximum atomic E-state index is 13.3. The fourth-order valence-electron chi connectivity index (χ4n) is 3.45. The fourth-order valence-corrected chi connectivity index (χ4v) is 4.14. The van der Waals surface area contributed by atoms with Crippen LogP contribution in [0.1, 0.15) is 40.3 Å². The molecule has 2 aromatic rings. The van der Waals surface area contributed by atoms with Gasteiger partial charge < -0.3 is 19.3 Å². The van der Waals surface area contributed by atoms with Gasteiger partial charge in [0.2, 0.25) is 0 Å². The van der Waals surface area contributed by atoms with Gasteiger partial charge in [-0.2, -0.15) is 0 Å². The van der Waals surface area contributed by atoms with Gasteiger partial charge in [0.15, 0.2) is 0 Å². The molecule has 2 heterocycles. The summed E-state index contributed by atoms with van der Waals surface area (Å²) in [6, 6.07) is 11.0. The van der Waals surface area contributed by atoms with E-state index in [0.717, 1.165) is 11.3 Å². The topological polar surface area (TPSA) is 59.1 Å². The first-order valence-corrected chi connectivity index (χ1v) is 10.8. The molecule has 7 heteroatoms. The molecule has 156 valence electrons. The SMILES string of the molecule is CC[C@H](C)N(C[C@H]1CN(C(=O)c2cccs2)CCO1)C(=O)c1ccccc1OC. The van der Waals surface area contributed by atoms with Gasteiger partial charge in [-0.25, -0.2) is 0 Å². The third-order valence-corrected chi connectivity index (χ3v) is 6.14. The van der Waals surface area contributed by atoms with Crippen molar-refractivity contribution in [3.05, 3.63) is 52.2 Å². The van der Waals surface area contributed by atoms with Crippen LogP contribution in [0.25, 0.3) is 0 Å². The number of nitrogens with zero attached hydrogens (tertiary/aromatic N) is 2. The summed E-state index contributed by atoms with van der Waals surface area (Å²) < 4.78 is 11.3. The van der Waals surface area contributed by atoms with Gasteiger partial charge in [0.1, 0.15) is 5.75 Å². The highest BCUT2D eigenvalue weighted by Crippen LogP contribution is 2.22. The number of para-hydroxylation sites is 1. The number of benzene rings is 1. The van der Waals surface area contributed by atoms with Crippen LogP contribution in [0.15, 0.2) is 41.8 Å². The van der Waals surface area contributed by atoms with Crippen molar-refractivity contribution in [1.29, 1.82) is 0 Å². The van der Waals surface area contributed by atoms with Gasteiger partial charge in [0.25, 0.3) is 11.8 Å². The van der Waals surface area contributed by atoms with Crippen molar-refractivity contribution in [3.63, 3.8) is 0 Å². The Morgan fingerprint density at radius 3 is 2.79 bits per heavy atom. The molecule has 0 radical (unpaired) electrons. The minimum atomic E-state index is -0.222. The van der Waals surface area contributed by atoms with E-state index in [4.69, 9.17) is 9.47 Å². The molecule has 6 nitrogen and oxygen atoms in total. The molecule has 0 N–H and O–H groups in total. The molecule has 1 aliphatic rings. The van der Waals surface area contributed by atoms with Crippen LogP contribution < -0.4 is 4.74 Å². The van der Waals surface area contributed by atoms with Crippen molar-refractivity contribution in [2.45, 2.75) is 32.4 Å². The molecule has 2 atom stereocenters. The Morgan fingerprint density at radius 1 is 1.31 bits per heavy atom. The lowest BCUT2D eigenvalue weighted by Gasteiger charge is -2.37. The second-order valence-corrected chi connectivity index (χ2v) is 8.08. The van der Waals surface area contributed by atoms with Crippen LogP contribution in [0.5, 0.6) is 5.75 Å². The molecule has 1 aromatic carbocycles. The van der Waals surface area contributed by atoms with E-state index in [1.807, 2.05) is 46.4 Å². The fraction of sp³-hybridized carbons (Fsp3) is 0.455. The number of rotatable bonds is 7. The standard InChI is InChI=1S/C22H28N2O4S/c1-4-16(2)24(21(25)18-8-5-6-9-19(18)27-3)15-17-14-23(11-12-28-17)22(26)20-10-7-13-29-20/h5-10,13,16-17H,4,11-12,14-15H2,1-3H3/t16-,17+/m0/s1. The predicted molar refractivity (Wildman–Crippen MR) is 114 cm³/mol. The molecule has 3 rings (SSSR count). The molecule has 1 fully saturated rings. The molecule has 1 saturated heterocycles. The summed E-state index contributed by atoms with van der Waals surface area (Å²) in [5, 5.41) is 1.90. The van der Waals surface area contributed by atoms with Gasteiger partial charge in [-0.3, -0.25) is 9.59 Å². The van der Waals surface area contributed by atoms with Crippen molar-refractivity contribution in [2.75, 3.05) is 33.4 Å². The van der Waals surface area contributed by atoms with Crippen molar-refractivity contribution < 1.29 is 19.1 Å². The van der Waals surface area contributed by atoms with Crippen LogP contribution >= 0.6 is 11.3 Å². The monoisotopic (exact) mass is 416 g/mol. The lowest BCUT2D eigenvalue weighted by Crippen LogP contribution is -2.52. The number of morpholine rings is 1. The predicted octanol–water partition coefficient (Wildman–Crippen LogP) is 3.54. The summed E-state index contributed by atoms with van der Waals surface area (Å²) in [7, 11) is 1.57. The van der Waals surface area contributed by atoms with E-state index in [9.17, 15) is 9.59 Å². The maximum Gasteiger partial charge on any atom is 0.264 e. The van der Waals surface area contributed by atoms with Gasteiger partial charge in [-0.05, 0) is 36.9 Å². The van der Waals surface area contributed by atoms with Crippen LogP contribution in [0.3, 0.4) is 0 Å². The second kappa shape index (κ2) is 9.89. The molecule has 0 unspecified atom stereocenters. The first-order chi connectivity index (χ1) is 14.0. The van der Waals surface area contributed by atoms with Crippen LogP contribution in [-0.2, 0) is 4.74 Å². The number of carbonyl (C=O) groups excluding carboxylic acids is 2. The molecule has 0 spiro atoms. The number of thiophene rings is 1. The number of ether oxygens (including phenoxy) is 2. The Labute approximate surface area is 176 Å². The third kappa shape index (κ3) is 4.97. The maximum absolute atomic E-state index is 13.3. The van der Waals surface area contributed by atoms with Crippen LogP contribution in [0.2, 0.25) is 0 Å². The van der Waals surface area contributed by atoms with Crippen LogP contribution in [-0.4, -0.2) is 67.1 Å². The first-order valence-electron chi connectivity index (χ1n) is 9.93. The summed E-state index contributed by atoms with van der Waals surface area (Å²) in [6.07, 6.45) is 0.603. The highest BCUT2D eigenvalue weighted by molar-refractivity contribution is 7.12. The number of amides is 2. The van der Waals surface area contributed by atoms with Gasteiger partial charge in [0.05, 0.1) is 30.3 Å². The molecule has 2 amide bonds. The summed E-state index contributed by atoms with van der Waals surface area (Å²) in [5.41, 5.74) is 0.539. The van der Waals surface area contributed by atoms with Crippen molar-refractivity contribution in [3.8, 4) is 5.75 Å². The number of hydrogen-bond donors (Lipinski definition) is 0. The highest BCUT2D eigenvalue weighted by atomic mass is 32.1. The summed E-state index contributed by atoms with van der Waals surface area (Å²) in [5.74, 6) is 0.506. The Morgan fingerprint density at radius 2 is 2.10 bits per heavy atom. The molecule has 0 aliphatic carbocycles. The van der Waals surface area contributed by atoms with E-state index in [0.29, 0.717) is 37.6 Å². The van der Waals surface area contributed by atoms with E-state index in [1.54, 1.807) is 19.2 Å². The Hall–Kier alpha value is -2.38. The largest absolute Gasteiger partial charge is 0.496 e. The Kier molecular flexibility index (Phi) is 7.28. The molecular formula is C22H28N2O4S. The number of hydrogen-bond acceptors (Lipinski definition) is 5. The van der Waals surface area contributed by atoms with E-state index in [-0.39, 0.29) is 24.0 Å². The molecule has 0 bridgehead atoms. The normalized spacial score (nSPS) is 17.6. The van der Waals surface area contributed by atoms with Crippen LogP contribution in [0.4, 0.5) is 0 Å². The number of carbonyl (C=O) groups is 2. The lowest BCUT2D eigenvalue weighted by atomic mass is 10.1. The van der Waals surface area contributed by atoms with Gasteiger partial charge in [-0.15, -0.1) is 11.3 Å². The highest BCUT2D eigenvalue weighted by Gasteiger charge is 2.31. The molecule has 1 aromatic heterocycles. The van der Waals surface area contributed by atoms with E-state index < -0.39 is 0 Å². The first kappa shape index (κ1) is 21.3. The zero-order valence-corrected chi connectivity index (χ0v) is 18.0. The quantitative estimate of drug-likeness (QED) is 0.693. The van der Waals surface area contributed by atoms with Crippen LogP contribution in [0, 0.1) is 0 Å². The van der Waals surface area contributed by atoms with Crippen molar-refractivity contribution in [1.82, 2.24) is 9.80 Å². The molecule has 0 saturated carbocycles. The summed E-state index contributed by atoms with van der Waals surface area (Å²) >= 11 is 1.44. The van der Waals surface area contributed by atoms with Gasteiger partial charge in [-0.1, -0.05) is 25.1 Å². The van der Waals surface area contributed by atoms with Gasteiger partial charge >= 0.3 is 0 Å². The van der Waals surface area contributed by atoms with E-state index >= 15 is 0 Å². The zero-order valence-electron chi connectivity index (χ0n) is 17.2. The molecule has 29 heavy (non-hydrogen) atoms. The van der Waals surface area contributed by atoms with E-state index in [1.165, 1.54) is 11.3 Å². The average molecular weight is 417 g/mol. The second-order valence-electron chi connectivity index (χ2n) is 7.14.